The lowest BCUT2D eigenvalue weighted by Gasteiger charge is -2.56. The smallest absolute Gasteiger partial charge is 0.240 e. The minimum atomic E-state index is -0.353. The van der Waals surface area contributed by atoms with Gasteiger partial charge in [0.15, 0.2) is 0 Å². The number of benzene rings is 1. The lowest BCUT2D eigenvalue weighted by atomic mass is 9.49. The maximum absolute atomic E-state index is 12.8. The molecule has 1 heterocycles. The van der Waals surface area contributed by atoms with Gasteiger partial charge in [-0.3, -0.25) is 9.59 Å². The van der Waals surface area contributed by atoms with Gasteiger partial charge in [0.2, 0.25) is 11.8 Å². The number of nitrogens with one attached hydrogen (secondary N) is 2. The van der Waals surface area contributed by atoms with Crippen molar-refractivity contribution in [1.82, 2.24) is 20.2 Å². The molecule has 0 saturated heterocycles. The number of nitrogens with zero attached hydrogens (tertiary/aromatic N) is 2. The zero-order valence-electron chi connectivity index (χ0n) is 18.2. The molecule has 0 spiro atoms. The Morgan fingerprint density at radius 1 is 1.06 bits per heavy atom. The number of carbonyl (C=O) groups is 2. The van der Waals surface area contributed by atoms with Crippen LogP contribution in [0, 0.1) is 23.2 Å². The van der Waals surface area contributed by atoms with Crippen LogP contribution >= 0.6 is 0 Å². The first-order valence-electron chi connectivity index (χ1n) is 11.6. The number of amides is 2. The highest BCUT2D eigenvalue weighted by molar-refractivity contribution is 5.85. The zero-order chi connectivity index (χ0) is 21.4. The Labute approximate surface area is 183 Å². The van der Waals surface area contributed by atoms with Crippen LogP contribution in [0.5, 0.6) is 0 Å². The predicted octanol–water partition coefficient (Wildman–Crippen LogP) is 3.35. The third kappa shape index (κ3) is 4.25. The molecule has 6 rings (SSSR count). The van der Waals surface area contributed by atoms with E-state index in [0.717, 1.165) is 29.1 Å². The summed E-state index contributed by atoms with van der Waals surface area (Å²) in [6, 6.07) is 9.45. The summed E-state index contributed by atoms with van der Waals surface area (Å²) in [5.74, 6) is 3.06. The van der Waals surface area contributed by atoms with Gasteiger partial charge in [-0.25, -0.2) is 4.98 Å². The molecule has 2 aromatic rings. The summed E-state index contributed by atoms with van der Waals surface area (Å²) in [4.78, 5) is 29.9. The first-order chi connectivity index (χ1) is 15.0. The number of carbonyl (C=O) groups excluding carboxylic acids is 2. The van der Waals surface area contributed by atoms with Gasteiger partial charge in [0.25, 0.3) is 0 Å². The summed E-state index contributed by atoms with van der Waals surface area (Å²) in [5.41, 5.74) is 1.15. The molecule has 4 aliphatic rings. The summed E-state index contributed by atoms with van der Waals surface area (Å²) >= 11 is 0. The molecule has 1 atom stereocenters. The fraction of sp³-hybridized carbons (Fsp3) is 0.560. The van der Waals surface area contributed by atoms with Gasteiger partial charge in [0.1, 0.15) is 11.9 Å². The van der Waals surface area contributed by atoms with Crippen molar-refractivity contribution in [3.8, 4) is 0 Å². The highest BCUT2D eigenvalue weighted by Crippen LogP contribution is 2.61. The molecule has 0 radical (unpaired) electrons. The molecular formula is C25H32N4O2. The van der Waals surface area contributed by atoms with Gasteiger partial charge in [-0.2, -0.15) is 0 Å². The van der Waals surface area contributed by atoms with Crippen molar-refractivity contribution < 1.29 is 9.59 Å². The Morgan fingerprint density at radius 3 is 2.29 bits per heavy atom. The number of rotatable bonds is 7. The Bertz CT molecular complexity index is 916. The van der Waals surface area contributed by atoms with Crippen LogP contribution in [0.3, 0.4) is 0 Å². The molecule has 4 saturated carbocycles. The van der Waals surface area contributed by atoms with E-state index in [1.165, 1.54) is 38.5 Å². The fourth-order valence-corrected chi connectivity index (χ4v) is 6.90. The zero-order valence-corrected chi connectivity index (χ0v) is 18.2. The van der Waals surface area contributed by atoms with E-state index in [0.29, 0.717) is 6.42 Å². The SMILES string of the molecule is Cn1ccnc1C(NC(=O)CNC(=O)CC12CC3CC(CC(C3)C1)C2)c1ccccc1. The Morgan fingerprint density at radius 2 is 1.71 bits per heavy atom. The van der Waals surface area contributed by atoms with Gasteiger partial charge in [-0.15, -0.1) is 0 Å². The number of imidazole rings is 1. The van der Waals surface area contributed by atoms with Gasteiger partial charge < -0.3 is 15.2 Å². The maximum Gasteiger partial charge on any atom is 0.240 e. The van der Waals surface area contributed by atoms with Crippen molar-refractivity contribution in [2.75, 3.05) is 6.54 Å². The van der Waals surface area contributed by atoms with Crippen LogP contribution in [0.1, 0.15) is 62.4 Å². The van der Waals surface area contributed by atoms with Crippen LogP contribution in [0.4, 0.5) is 0 Å². The van der Waals surface area contributed by atoms with E-state index in [-0.39, 0.29) is 29.8 Å². The van der Waals surface area contributed by atoms with Crippen molar-refractivity contribution >= 4 is 11.8 Å². The van der Waals surface area contributed by atoms with E-state index < -0.39 is 0 Å². The van der Waals surface area contributed by atoms with Crippen molar-refractivity contribution in [1.29, 1.82) is 0 Å². The third-order valence-electron chi connectivity index (χ3n) is 7.70. The molecule has 164 valence electrons. The fourth-order valence-electron chi connectivity index (χ4n) is 6.90. The predicted molar refractivity (Wildman–Crippen MR) is 118 cm³/mol. The average Bonchev–Trinajstić information content (AvgIpc) is 3.15. The van der Waals surface area contributed by atoms with Crippen molar-refractivity contribution in [2.24, 2.45) is 30.2 Å². The van der Waals surface area contributed by atoms with Gasteiger partial charge >= 0.3 is 0 Å². The Balaban J connectivity index is 1.19. The molecule has 2 N–H and O–H groups in total. The Kier molecular flexibility index (Phi) is 5.32. The van der Waals surface area contributed by atoms with E-state index in [2.05, 4.69) is 15.6 Å². The topological polar surface area (TPSA) is 76.0 Å². The normalized spacial score (nSPS) is 29.5. The van der Waals surface area contributed by atoms with Crippen LogP contribution in [-0.4, -0.2) is 27.9 Å². The summed E-state index contributed by atoms with van der Waals surface area (Å²) in [5, 5.41) is 5.95. The van der Waals surface area contributed by atoms with Gasteiger partial charge in [-0.1, -0.05) is 30.3 Å². The third-order valence-corrected chi connectivity index (χ3v) is 7.70. The van der Waals surface area contributed by atoms with E-state index in [1.54, 1.807) is 6.20 Å². The van der Waals surface area contributed by atoms with Crippen molar-refractivity contribution in [2.45, 2.75) is 51.0 Å². The molecule has 31 heavy (non-hydrogen) atoms. The maximum atomic E-state index is 12.8. The second-order valence-corrected chi connectivity index (χ2v) is 10.2. The second kappa shape index (κ2) is 8.13. The van der Waals surface area contributed by atoms with E-state index >= 15 is 0 Å². The first kappa shape index (κ1) is 20.3. The summed E-state index contributed by atoms with van der Waals surface area (Å²) in [6.45, 7) is -0.00104. The van der Waals surface area contributed by atoms with E-state index in [4.69, 9.17) is 0 Å². The minimum absolute atomic E-state index is 0.00104. The van der Waals surface area contributed by atoms with Gasteiger partial charge in [-0.05, 0) is 67.3 Å². The summed E-state index contributed by atoms with van der Waals surface area (Å²) < 4.78 is 1.91. The van der Waals surface area contributed by atoms with Gasteiger partial charge in [0, 0.05) is 25.9 Å². The summed E-state index contributed by atoms with van der Waals surface area (Å²) in [7, 11) is 1.91. The molecule has 2 amide bonds. The standard InChI is InChI=1S/C25H32N4O2/c1-29-8-7-26-24(29)23(20-5-3-2-4-6-20)28-22(31)16-27-21(30)15-25-12-17-9-18(13-25)11-19(10-17)14-25/h2-8,17-19,23H,9-16H2,1H3,(H,27,30)(H,28,31). The van der Waals surface area contributed by atoms with Gasteiger partial charge in [0.05, 0.1) is 6.54 Å². The molecule has 6 nitrogen and oxygen atoms in total. The quantitative estimate of drug-likeness (QED) is 0.721. The lowest BCUT2D eigenvalue weighted by Crippen LogP contribution is -2.48. The largest absolute Gasteiger partial charge is 0.347 e. The Hall–Kier alpha value is -2.63. The number of aryl methyl sites for hydroxylation is 1. The molecule has 1 unspecified atom stereocenters. The summed E-state index contributed by atoms with van der Waals surface area (Å²) in [6.07, 6.45) is 11.9. The molecular weight excluding hydrogens is 388 g/mol. The molecule has 6 heteroatoms. The van der Waals surface area contributed by atoms with Crippen LogP contribution in [0.15, 0.2) is 42.7 Å². The molecule has 0 aliphatic heterocycles. The van der Waals surface area contributed by atoms with Crippen LogP contribution in [0.2, 0.25) is 0 Å². The van der Waals surface area contributed by atoms with E-state index in [9.17, 15) is 9.59 Å². The number of hydrogen-bond donors (Lipinski definition) is 2. The van der Waals surface area contributed by atoms with Crippen LogP contribution in [0.25, 0.3) is 0 Å². The minimum Gasteiger partial charge on any atom is -0.347 e. The van der Waals surface area contributed by atoms with E-state index in [1.807, 2.05) is 48.1 Å². The van der Waals surface area contributed by atoms with Crippen LogP contribution < -0.4 is 10.6 Å². The highest BCUT2D eigenvalue weighted by atomic mass is 16.2. The molecule has 1 aromatic heterocycles. The average molecular weight is 421 g/mol. The highest BCUT2D eigenvalue weighted by Gasteiger charge is 2.51. The number of hydrogen-bond acceptors (Lipinski definition) is 3. The molecule has 4 bridgehead atoms. The monoisotopic (exact) mass is 420 g/mol. The molecule has 4 aliphatic carbocycles. The first-order valence-corrected chi connectivity index (χ1v) is 11.6. The number of aromatic nitrogens is 2. The van der Waals surface area contributed by atoms with Crippen LogP contribution in [-0.2, 0) is 16.6 Å². The lowest BCUT2D eigenvalue weighted by molar-refractivity contribution is -0.132. The molecule has 1 aromatic carbocycles. The molecule has 4 fully saturated rings. The van der Waals surface area contributed by atoms with Crippen molar-refractivity contribution in [3.63, 3.8) is 0 Å². The van der Waals surface area contributed by atoms with Crippen molar-refractivity contribution in [3.05, 3.63) is 54.1 Å². The second-order valence-electron chi connectivity index (χ2n) is 10.2.